The summed E-state index contributed by atoms with van der Waals surface area (Å²) in [6.07, 6.45) is 1.17. The molecule has 0 saturated carbocycles. The summed E-state index contributed by atoms with van der Waals surface area (Å²) >= 11 is 0. The molecule has 1 heterocycles. The Morgan fingerprint density at radius 2 is 1.96 bits per heavy atom. The van der Waals surface area contributed by atoms with Gasteiger partial charge in [0.2, 0.25) is 5.91 Å². The molecule has 0 aromatic heterocycles. The van der Waals surface area contributed by atoms with Crippen LogP contribution in [0.1, 0.15) is 37.0 Å². The Bertz CT molecular complexity index is 715. The predicted octanol–water partition coefficient (Wildman–Crippen LogP) is 1.27. The standard InChI is InChI=1S/C19H25N3O5/c1-3-21(4-2)19(26)14-7-5-8-15(11-14)20-16(23)13-27-18(25)12-22-10-6-9-17(22)24/h5,7-8,11H,3-4,6,9-10,12-13H2,1-2H3,(H,20,23). The summed E-state index contributed by atoms with van der Waals surface area (Å²) in [5.74, 6) is -1.32. The molecule has 8 heteroatoms. The van der Waals surface area contributed by atoms with Gasteiger partial charge in [0.05, 0.1) is 0 Å². The monoisotopic (exact) mass is 375 g/mol. The lowest BCUT2D eigenvalue weighted by Crippen LogP contribution is -2.33. The van der Waals surface area contributed by atoms with Crippen LogP contribution in [0.4, 0.5) is 5.69 Å². The first-order valence-corrected chi connectivity index (χ1v) is 9.07. The van der Waals surface area contributed by atoms with Crippen molar-refractivity contribution in [3.63, 3.8) is 0 Å². The number of hydrogen-bond acceptors (Lipinski definition) is 5. The summed E-state index contributed by atoms with van der Waals surface area (Å²) in [5, 5.41) is 2.60. The van der Waals surface area contributed by atoms with Crippen LogP contribution in [0.3, 0.4) is 0 Å². The Kier molecular flexibility index (Phi) is 7.34. The first kappa shape index (κ1) is 20.4. The molecular formula is C19H25N3O5. The van der Waals surface area contributed by atoms with Crippen molar-refractivity contribution in [3.05, 3.63) is 29.8 Å². The van der Waals surface area contributed by atoms with E-state index in [9.17, 15) is 19.2 Å². The molecule has 0 unspecified atom stereocenters. The van der Waals surface area contributed by atoms with Crippen molar-refractivity contribution in [2.45, 2.75) is 26.7 Å². The number of nitrogens with one attached hydrogen (secondary N) is 1. The Morgan fingerprint density at radius 1 is 1.22 bits per heavy atom. The SMILES string of the molecule is CCN(CC)C(=O)c1cccc(NC(=O)COC(=O)CN2CCCC2=O)c1. The van der Waals surface area contributed by atoms with Gasteiger partial charge in [-0.3, -0.25) is 19.2 Å². The van der Waals surface area contributed by atoms with E-state index >= 15 is 0 Å². The van der Waals surface area contributed by atoms with Gasteiger partial charge in [-0.2, -0.15) is 0 Å². The van der Waals surface area contributed by atoms with Crippen LogP contribution in [-0.4, -0.2) is 66.3 Å². The highest BCUT2D eigenvalue weighted by atomic mass is 16.5. The number of nitrogens with zero attached hydrogens (tertiary/aromatic N) is 2. The highest BCUT2D eigenvalue weighted by Gasteiger charge is 2.23. The number of hydrogen-bond donors (Lipinski definition) is 1. The fourth-order valence-corrected chi connectivity index (χ4v) is 2.84. The van der Waals surface area contributed by atoms with E-state index < -0.39 is 18.5 Å². The molecule has 2 rings (SSSR count). The molecule has 1 fully saturated rings. The lowest BCUT2D eigenvalue weighted by atomic mass is 10.1. The quantitative estimate of drug-likeness (QED) is 0.691. The molecule has 0 spiro atoms. The van der Waals surface area contributed by atoms with E-state index in [2.05, 4.69) is 5.32 Å². The Labute approximate surface area is 158 Å². The number of carbonyl (C=O) groups is 4. The van der Waals surface area contributed by atoms with Gasteiger partial charge in [0.15, 0.2) is 6.61 Å². The fourth-order valence-electron chi connectivity index (χ4n) is 2.84. The average molecular weight is 375 g/mol. The van der Waals surface area contributed by atoms with Crippen molar-refractivity contribution in [2.75, 3.05) is 38.1 Å². The maximum atomic E-state index is 12.4. The molecule has 1 saturated heterocycles. The average Bonchev–Trinajstić information content (AvgIpc) is 3.06. The zero-order chi connectivity index (χ0) is 19.8. The van der Waals surface area contributed by atoms with Gasteiger partial charge in [-0.1, -0.05) is 6.07 Å². The number of amides is 3. The largest absolute Gasteiger partial charge is 0.454 e. The van der Waals surface area contributed by atoms with E-state index in [4.69, 9.17) is 4.74 Å². The maximum absolute atomic E-state index is 12.4. The van der Waals surface area contributed by atoms with Gasteiger partial charge in [-0.15, -0.1) is 0 Å². The Hall–Kier alpha value is -2.90. The number of benzene rings is 1. The van der Waals surface area contributed by atoms with Crippen LogP contribution in [0.25, 0.3) is 0 Å². The molecule has 146 valence electrons. The number of carbonyl (C=O) groups excluding carboxylic acids is 4. The topological polar surface area (TPSA) is 96.0 Å². The van der Waals surface area contributed by atoms with Crippen molar-refractivity contribution >= 4 is 29.4 Å². The number of likely N-dealkylation sites (tertiary alicyclic amines) is 1. The molecule has 1 N–H and O–H groups in total. The van der Waals surface area contributed by atoms with Crippen LogP contribution < -0.4 is 5.32 Å². The number of ether oxygens (including phenoxy) is 1. The summed E-state index contributed by atoms with van der Waals surface area (Å²) < 4.78 is 4.92. The molecule has 0 bridgehead atoms. The number of anilines is 1. The summed E-state index contributed by atoms with van der Waals surface area (Å²) in [6, 6.07) is 6.60. The smallest absolute Gasteiger partial charge is 0.326 e. The molecule has 3 amide bonds. The molecule has 1 aromatic carbocycles. The molecule has 8 nitrogen and oxygen atoms in total. The van der Waals surface area contributed by atoms with E-state index in [0.717, 1.165) is 6.42 Å². The van der Waals surface area contributed by atoms with Gasteiger partial charge in [0.1, 0.15) is 6.54 Å². The van der Waals surface area contributed by atoms with Crippen molar-refractivity contribution < 1.29 is 23.9 Å². The molecule has 0 radical (unpaired) electrons. The van der Waals surface area contributed by atoms with Gasteiger partial charge in [-0.05, 0) is 38.5 Å². The van der Waals surface area contributed by atoms with E-state index in [1.165, 1.54) is 4.90 Å². The minimum absolute atomic E-state index is 0.0777. The highest BCUT2D eigenvalue weighted by molar-refractivity contribution is 5.97. The zero-order valence-electron chi connectivity index (χ0n) is 15.7. The van der Waals surface area contributed by atoms with Crippen LogP contribution in [0.5, 0.6) is 0 Å². The van der Waals surface area contributed by atoms with Crippen LogP contribution in [-0.2, 0) is 19.1 Å². The van der Waals surface area contributed by atoms with E-state index in [-0.39, 0.29) is 18.4 Å². The minimum Gasteiger partial charge on any atom is -0.454 e. The fraction of sp³-hybridized carbons (Fsp3) is 0.474. The maximum Gasteiger partial charge on any atom is 0.326 e. The van der Waals surface area contributed by atoms with Crippen molar-refractivity contribution in [1.29, 1.82) is 0 Å². The Morgan fingerprint density at radius 3 is 2.59 bits per heavy atom. The second-order valence-corrected chi connectivity index (χ2v) is 6.19. The van der Waals surface area contributed by atoms with Gasteiger partial charge in [-0.25, -0.2) is 0 Å². The van der Waals surface area contributed by atoms with E-state index in [1.807, 2.05) is 13.8 Å². The number of esters is 1. The van der Waals surface area contributed by atoms with Crippen LogP contribution in [0.2, 0.25) is 0 Å². The van der Waals surface area contributed by atoms with Crippen LogP contribution >= 0.6 is 0 Å². The molecule has 1 aromatic rings. The van der Waals surface area contributed by atoms with E-state index in [1.54, 1.807) is 29.2 Å². The number of rotatable bonds is 8. The summed E-state index contributed by atoms with van der Waals surface area (Å²) in [5.41, 5.74) is 0.921. The van der Waals surface area contributed by atoms with Gasteiger partial charge >= 0.3 is 5.97 Å². The second-order valence-electron chi connectivity index (χ2n) is 6.19. The molecule has 27 heavy (non-hydrogen) atoms. The molecule has 0 atom stereocenters. The highest BCUT2D eigenvalue weighted by Crippen LogP contribution is 2.13. The first-order valence-electron chi connectivity index (χ1n) is 9.07. The van der Waals surface area contributed by atoms with Gasteiger partial charge in [0, 0.05) is 37.3 Å². The third kappa shape index (κ3) is 5.80. The van der Waals surface area contributed by atoms with Crippen molar-refractivity contribution in [2.24, 2.45) is 0 Å². The van der Waals surface area contributed by atoms with E-state index in [0.29, 0.717) is 37.3 Å². The van der Waals surface area contributed by atoms with Crippen molar-refractivity contribution in [1.82, 2.24) is 9.80 Å². The molecule has 1 aliphatic heterocycles. The first-order chi connectivity index (χ1) is 12.9. The normalized spacial score (nSPS) is 13.4. The lowest BCUT2D eigenvalue weighted by Gasteiger charge is -2.19. The summed E-state index contributed by atoms with van der Waals surface area (Å²) in [6.45, 7) is 4.94. The third-order valence-electron chi connectivity index (χ3n) is 4.30. The van der Waals surface area contributed by atoms with Crippen LogP contribution in [0.15, 0.2) is 24.3 Å². The minimum atomic E-state index is -0.620. The summed E-state index contributed by atoms with van der Waals surface area (Å²) in [7, 11) is 0. The second kappa shape index (κ2) is 9.70. The molecule has 0 aliphatic carbocycles. The molecule has 1 aliphatic rings. The lowest BCUT2D eigenvalue weighted by molar-refractivity contribution is -0.150. The third-order valence-corrected chi connectivity index (χ3v) is 4.30. The predicted molar refractivity (Wildman–Crippen MR) is 99.1 cm³/mol. The van der Waals surface area contributed by atoms with Gasteiger partial charge < -0.3 is 19.9 Å². The summed E-state index contributed by atoms with van der Waals surface area (Å²) in [4.78, 5) is 50.7. The Balaban J connectivity index is 1.84. The molecular weight excluding hydrogens is 350 g/mol. The van der Waals surface area contributed by atoms with Crippen LogP contribution in [0, 0.1) is 0 Å². The van der Waals surface area contributed by atoms with Gasteiger partial charge in [0.25, 0.3) is 11.8 Å². The van der Waals surface area contributed by atoms with Crippen molar-refractivity contribution in [3.8, 4) is 0 Å². The zero-order valence-corrected chi connectivity index (χ0v) is 15.7.